The van der Waals surface area contributed by atoms with E-state index in [0.29, 0.717) is 6.10 Å². The van der Waals surface area contributed by atoms with Crippen molar-refractivity contribution in [2.75, 3.05) is 7.11 Å². The van der Waals surface area contributed by atoms with E-state index in [1.807, 2.05) is 7.11 Å². The third-order valence-electron chi connectivity index (χ3n) is 5.38. The Morgan fingerprint density at radius 1 is 1.22 bits per heavy atom. The van der Waals surface area contributed by atoms with Gasteiger partial charge in [0.05, 0.1) is 12.2 Å². The van der Waals surface area contributed by atoms with Crippen molar-refractivity contribution in [1.82, 2.24) is 0 Å². The molecule has 0 aromatic heterocycles. The normalized spacial score (nSPS) is 36.8. The molecule has 5 unspecified atom stereocenters. The molecule has 2 fully saturated rings. The Balaban J connectivity index is 1.62. The summed E-state index contributed by atoms with van der Waals surface area (Å²) in [5.74, 6) is 2.62. The standard InChI is InChI=1S/C16H30O2/c1-3-15(18-2)7-5-4-6-12-8-9-13-10-14(17)11-16(12)13/h12-17H,3-11H2,1-2H3. The van der Waals surface area contributed by atoms with E-state index in [9.17, 15) is 5.11 Å². The molecule has 0 amide bonds. The minimum atomic E-state index is 0.0146. The quantitative estimate of drug-likeness (QED) is 0.701. The van der Waals surface area contributed by atoms with E-state index < -0.39 is 0 Å². The van der Waals surface area contributed by atoms with Crippen molar-refractivity contribution in [3.63, 3.8) is 0 Å². The van der Waals surface area contributed by atoms with Gasteiger partial charge in [-0.3, -0.25) is 0 Å². The Kier molecular flexibility index (Phi) is 5.50. The summed E-state index contributed by atoms with van der Waals surface area (Å²) in [5.41, 5.74) is 0. The van der Waals surface area contributed by atoms with Gasteiger partial charge in [0, 0.05) is 7.11 Å². The molecule has 0 aliphatic heterocycles. The van der Waals surface area contributed by atoms with Crippen LogP contribution in [0, 0.1) is 17.8 Å². The van der Waals surface area contributed by atoms with Crippen LogP contribution < -0.4 is 0 Å². The molecular formula is C16H30O2. The van der Waals surface area contributed by atoms with E-state index in [2.05, 4.69) is 6.92 Å². The summed E-state index contributed by atoms with van der Waals surface area (Å²) in [6, 6.07) is 0. The zero-order valence-corrected chi connectivity index (χ0v) is 12.1. The Hall–Kier alpha value is -0.0800. The first-order valence-corrected chi connectivity index (χ1v) is 7.95. The molecule has 1 N–H and O–H groups in total. The van der Waals surface area contributed by atoms with Gasteiger partial charge in [0.2, 0.25) is 0 Å². The molecule has 2 aliphatic carbocycles. The minimum Gasteiger partial charge on any atom is -0.393 e. The summed E-state index contributed by atoms with van der Waals surface area (Å²) < 4.78 is 5.42. The second-order valence-electron chi connectivity index (χ2n) is 6.44. The molecule has 0 spiro atoms. The van der Waals surface area contributed by atoms with Gasteiger partial charge >= 0.3 is 0 Å². The topological polar surface area (TPSA) is 29.5 Å². The van der Waals surface area contributed by atoms with Crippen molar-refractivity contribution < 1.29 is 9.84 Å². The SMILES string of the molecule is CCC(CCCCC1CCC2CC(O)CC12)OC. The fourth-order valence-electron chi connectivity index (χ4n) is 4.30. The summed E-state index contributed by atoms with van der Waals surface area (Å²) in [6.45, 7) is 2.20. The Morgan fingerprint density at radius 3 is 2.78 bits per heavy atom. The lowest BCUT2D eigenvalue weighted by atomic mass is 9.88. The first-order chi connectivity index (χ1) is 8.74. The molecule has 5 atom stereocenters. The fraction of sp³-hybridized carbons (Fsp3) is 1.00. The van der Waals surface area contributed by atoms with Gasteiger partial charge in [-0.1, -0.05) is 26.2 Å². The third kappa shape index (κ3) is 3.48. The Morgan fingerprint density at radius 2 is 2.06 bits per heavy atom. The zero-order chi connectivity index (χ0) is 13.0. The van der Waals surface area contributed by atoms with Gasteiger partial charge in [-0.15, -0.1) is 0 Å². The molecule has 0 bridgehead atoms. The molecule has 2 saturated carbocycles. The highest BCUT2D eigenvalue weighted by Crippen LogP contribution is 2.49. The van der Waals surface area contributed by atoms with Crippen LogP contribution in [-0.4, -0.2) is 24.4 Å². The van der Waals surface area contributed by atoms with Crippen LogP contribution in [0.1, 0.15) is 64.7 Å². The molecule has 0 aromatic carbocycles. The van der Waals surface area contributed by atoms with E-state index in [1.165, 1.54) is 38.5 Å². The van der Waals surface area contributed by atoms with E-state index in [4.69, 9.17) is 4.74 Å². The van der Waals surface area contributed by atoms with E-state index in [0.717, 1.165) is 37.0 Å². The Bertz CT molecular complexity index is 237. The molecular weight excluding hydrogens is 224 g/mol. The smallest absolute Gasteiger partial charge is 0.0568 e. The monoisotopic (exact) mass is 254 g/mol. The molecule has 2 heteroatoms. The number of ether oxygens (including phenoxy) is 1. The van der Waals surface area contributed by atoms with Gasteiger partial charge in [0.1, 0.15) is 0 Å². The molecule has 2 rings (SSSR count). The summed E-state index contributed by atoms with van der Waals surface area (Å²) >= 11 is 0. The predicted octanol–water partition coefficient (Wildman–Crippen LogP) is 3.77. The van der Waals surface area contributed by atoms with Gasteiger partial charge in [-0.2, -0.15) is 0 Å². The first-order valence-electron chi connectivity index (χ1n) is 7.95. The summed E-state index contributed by atoms with van der Waals surface area (Å²) in [6.07, 6.45) is 11.9. The van der Waals surface area contributed by atoms with Crippen LogP contribution in [0.25, 0.3) is 0 Å². The maximum atomic E-state index is 9.74. The summed E-state index contributed by atoms with van der Waals surface area (Å²) in [4.78, 5) is 0. The van der Waals surface area contributed by atoms with Crippen LogP contribution in [0.3, 0.4) is 0 Å². The Labute approximate surface area is 112 Å². The number of fused-ring (bicyclic) bond motifs is 1. The van der Waals surface area contributed by atoms with Crippen molar-refractivity contribution in [2.24, 2.45) is 17.8 Å². The van der Waals surface area contributed by atoms with Crippen molar-refractivity contribution >= 4 is 0 Å². The van der Waals surface area contributed by atoms with E-state index in [-0.39, 0.29) is 6.10 Å². The van der Waals surface area contributed by atoms with Crippen LogP contribution in [0.15, 0.2) is 0 Å². The van der Waals surface area contributed by atoms with Crippen LogP contribution in [0.4, 0.5) is 0 Å². The molecule has 0 heterocycles. The van der Waals surface area contributed by atoms with Crippen LogP contribution >= 0.6 is 0 Å². The van der Waals surface area contributed by atoms with Crippen LogP contribution in [-0.2, 0) is 4.74 Å². The molecule has 0 saturated heterocycles. The lowest BCUT2D eigenvalue weighted by molar-refractivity contribution is 0.0891. The number of aliphatic hydroxyl groups excluding tert-OH is 1. The zero-order valence-electron chi connectivity index (χ0n) is 12.1. The number of hydrogen-bond acceptors (Lipinski definition) is 2. The van der Waals surface area contributed by atoms with Crippen LogP contribution in [0.2, 0.25) is 0 Å². The molecule has 2 aliphatic rings. The summed E-state index contributed by atoms with van der Waals surface area (Å²) in [5, 5.41) is 9.74. The second-order valence-corrected chi connectivity index (χ2v) is 6.44. The summed E-state index contributed by atoms with van der Waals surface area (Å²) in [7, 11) is 1.83. The van der Waals surface area contributed by atoms with Crippen molar-refractivity contribution in [3.05, 3.63) is 0 Å². The molecule has 2 nitrogen and oxygen atoms in total. The van der Waals surface area contributed by atoms with Gasteiger partial charge in [-0.25, -0.2) is 0 Å². The highest BCUT2D eigenvalue weighted by Gasteiger charge is 2.42. The van der Waals surface area contributed by atoms with Gasteiger partial charge in [0.15, 0.2) is 0 Å². The van der Waals surface area contributed by atoms with E-state index in [1.54, 1.807) is 0 Å². The second kappa shape index (κ2) is 6.91. The largest absolute Gasteiger partial charge is 0.393 e. The lowest BCUT2D eigenvalue weighted by Gasteiger charge is -2.19. The average molecular weight is 254 g/mol. The fourth-order valence-corrected chi connectivity index (χ4v) is 4.30. The number of methoxy groups -OCH3 is 1. The highest BCUT2D eigenvalue weighted by molar-refractivity contribution is 4.92. The predicted molar refractivity (Wildman–Crippen MR) is 74.5 cm³/mol. The van der Waals surface area contributed by atoms with Crippen molar-refractivity contribution in [2.45, 2.75) is 76.9 Å². The highest BCUT2D eigenvalue weighted by atomic mass is 16.5. The maximum absolute atomic E-state index is 9.74. The molecule has 106 valence electrons. The van der Waals surface area contributed by atoms with E-state index >= 15 is 0 Å². The van der Waals surface area contributed by atoms with Crippen molar-refractivity contribution in [1.29, 1.82) is 0 Å². The molecule has 0 radical (unpaired) electrons. The number of rotatable bonds is 7. The molecule has 0 aromatic rings. The van der Waals surface area contributed by atoms with Crippen LogP contribution in [0.5, 0.6) is 0 Å². The maximum Gasteiger partial charge on any atom is 0.0568 e. The minimum absolute atomic E-state index is 0.0146. The van der Waals surface area contributed by atoms with Gasteiger partial charge in [-0.05, 0) is 56.3 Å². The molecule has 18 heavy (non-hydrogen) atoms. The average Bonchev–Trinajstić information content (AvgIpc) is 2.89. The number of unbranched alkanes of at least 4 members (excludes halogenated alkanes) is 1. The third-order valence-corrected chi connectivity index (χ3v) is 5.38. The van der Waals surface area contributed by atoms with Gasteiger partial charge in [0.25, 0.3) is 0 Å². The number of aliphatic hydroxyl groups is 1. The lowest BCUT2D eigenvalue weighted by Crippen LogP contribution is -2.12. The van der Waals surface area contributed by atoms with Gasteiger partial charge < -0.3 is 9.84 Å². The number of hydrogen-bond donors (Lipinski definition) is 1. The van der Waals surface area contributed by atoms with Crippen molar-refractivity contribution in [3.8, 4) is 0 Å². The first kappa shape index (κ1) is 14.3.